The maximum Gasteiger partial charge on any atom is 0.241 e. The van der Waals surface area contributed by atoms with Crippen LogP contribution in [0.1, 0.15) is 5.56 Å². The molecule has 0 radical (unpaired) electrons. The summed E-state index contributed by atoms with van der Waals surface area (Å²) in [4.78, 5) is 12.9. The topological polar surface area (TPSA) is 66.6 Å². The third-order valence-corrected chi connectivity index (χ3v) is 2.56. The Morgan fingerprint density at radius 3 is 2.76 bits per heavy atom. The van der Waals surface area contributed by atoms with Crippen molar-refractivity contribution in [3.8, 4) is 0 Å². The number of aliphatic hydroxyl groups excluding tert-OH is 1. The number of rotatable bonds is 5. The standard InChI is InChI=1S/C12H17FN2O2/c1-15(12(17)11(14)8-16)7-6-9-4-2-3-5-10(9)13/h2-5,11,16H,6-8,14H2,1H3. The Labute approximate surface area is 99.8 Å². The molecule has 17 heavy (non-hydrogen) atoms. The van der Waals surface area contributed by atoms with Crippen molar-refractivity contribution in [2.75, 3.05) is 20.2 Å². The predicted octanol–water partition coefficient (Wildman–Crippen LogP) is 0.146. The van der Waals surface area contributed by atoms with E-state index >= 15 is 0 Å². The van der Waals surface area contributed by atoms with Crippen LogP contribution in [0.4, 0.5) is 4.39 Å². The number of nitrogens with two attached hydrogens (primary N) is 1. The molecule has 0 saturated heterocycles. The van der Waals surface area contributed by atoms with Gasteiger partial charge in [0.25, 0.3) is 0 Å². The number of carbonyl (C=O) groups excluding carboxylic acids is 1. The fourth-order valence-electron chi connectivity index (χ4n) is 1.46. The van der Waals surface area contributed by atoms with Crippen molar-refractivity contribution in [2.24, 2.45) is 5.73 Å². The van der Waals surface area contributed by atoms with Gasteiger partial charge in [-0.05, 0) is 18.1 Å². The van der Waals surface area contributed by atoms with Gasteiger partial charge in [-0.15, -0.1) is 0 Å². The van der Waals surface area contributed by atoms with Crippen LogP contribution in [0, 0.1) is 5.82 Å². The lowest BCUT2D eigenvalue weighted by molar-refractivity contribution is -0.132. The summed E-state index contributed by atoms with van der Waals surface area (Å²) in [5.74, 6) is -0.622. The molecule has 0 heterocycles. The molecule has 1 atom stereocenters. The lowest BCUT2D eigenvalue weighted by Gasteiger charge is -2.20. The SMILES string of the molecule is CN(CCc1ccccc1F)C(=O)C(N)CO. The highest BCUT2D eigenvalue weighted by molar-refractivity contribution is 5.81. The van der Waals surface area contributed by atoms with E-state index in [-0.39, 0.29) is 18.3 Å². The van der Waals surface area contributed by atoms with E-state index < -0.39 is 6.04 Å². The number of likely N-dealkylation sites (N-methyl/N-ethyl adjacent to an activating group) is 1. The van der Waals surface area contributed by atoms with Gasteiger partial charge in [0.05, 0.1) is 6.61 Å². The van der Waals surface area contributed by atoms with Crippen molar-refractivity contribution < 1.29 is 14.3 Å². The Hall–Kier alpha value is -1.46. The molecular formula is C12H17FN2O2. The summed E-state index contributed by atoms with van der Waals surface area (Å²) in [7, 11) is 1.58. The second kappa shape index (κ2) is 6.32. The number of aliphatic hydroxyl groups is 1. The van der Waals surface area contributed by atoms with E-state index in [0.717, 1.165) is 0 Å². The maximum absolute atomic E-state index is 13.3. The van der Waals surface area contributed by atoms with Crippen molar-refractivity contribution in [3.63, 3.8) is 0 Å². The van der Waals surface area contributed by atoms with Gasteiger partial charge in [-0.2, -0.15) is 0 Å². The van der Waals surface area contributed by atoms with Gasteiger partial charge in [-0.25, -0.2) is 4.39 Å². The van der Waals surface area contributed by atoms with Gasteiger partial charge < -0.3 is 15.7 Å². The number of hydrogen-bond acceptors (Lipinski definition) is 3. The Morgan fingerprint density at radius 1 is 1.53 bits per heavy atom. The Kier molecular flexibility index (Phi) is 5.06. The molecule has 1 amide bonds. The van der Waals surface area contributed by atoms with Gasteiger partial charge >= 0.3 is 0 Å². The normalized spacial score (nSPS) is 12.2. The summed E-state index contributed by atoms with van der Waals surface area (Å²) >= 11 is 0. The van der Waals surface area contributed by atoms with Gasteiger partial charge in [-0.1, -0.05) is 18.2 Å². The van der Waals surface area contributed by atoms with E-state index in [9.17, 15) is 9.18 Å². The van der Waals surface area contributed by atoms with E-state index in [4.69, 9.17) is 10.8 Å². The molecule has 1 aromatic carbocycles. The number of halogens is 1. The average molecular weight is 240 g/mol. The highest BCUT2D eigenvalue weighted by atomic mass is 19.1. The van der Waals surface area contributed by atoms with Crippen LogP contribution < -0.4 is 5.73 Å². The summed E-state index contributed by atoms with van der Waals surface area (Å²) in [5.41, 5.74) is 5.96. The molecule has 4 nitrogen and oxygen atoms in total. The van der Waals surface area contributed by atoms with Crippen LogP contribution in [0.3, 0.4) is 0 Å². The minimum absolute atomic E-state index is 0.278. The molecule has 0 fully saturated rings. The molecular weight excluding hydrogens is 223 g/mol. The zero-order valence-electron chi connectivity index (χ0n) is 9.77. The molecule has 94 valence electrons. The van der Waals surface area contributed by atoms with E-state index in [1.165, 1.54) is 11.0 Å². The summed E-state index contributed by atoms with van der Waals surface area (Å²) in [5, 5.41) is 8.75. The summed E-state index contributed by atoms with van der Waals surface area (Å²) in [6, 6.07) is 5.53. The largest absolute Gasteiger partial charge is 0.394 e. The van der Waals surface area contributed by atoms with Crippen LogP contribution in [0.15, 0.2) is 24.3 Å². The smallest absolute Gasteiger partial charge is 0.241 e. The Morgan fingerprint density at radius 2 is 2.18 bits per heavy atom. The second-order valence-electron chi connectivity index (χ2n) is 3.89. The molecule has 5 heteroatoms. The first-order valence-electron chi connectivity index (χ1n) is 5.41. The number of amides is 1. The third kappa shape index (κ3) is 3.80. The zero-order valence-corrected chi connectivity index (χ0v) is 9.77. The first kappa shape index (κ1) is 13.6. The highest BCUT2D eigenvalue weighted by Gasteiger charge is 2.16. The van der Waals surface area contributed by atoms with Crippen LogP contribution in [0.25, 0.3) is 0 Å². The van der Waals surface area contributed by atoms with Gasteiger partial charge in [0.15, 0.2) is 0 Å². The molecule has 0 aliphatic heterocycles. The van der Waals surface area contributed by atoms with Gasteiger partial charge in [0, 0.05) is 13.6 Å². The highest BCUT2D eigenvalue weighted by Crippen LogP contribution is 2.07. The second-order valence-corrected chi connectivity index (χ2v) is 3.89. The number of hydrogen-bond donors (Lipinski definition) is 2. The van der Waals surface area contributed by atoms with Crippen molar-refractivity contribution in [3.05, 3.63) is 35.6 Å². The van der Waals surface area contributed by atoms with Gasteiger partial charge in [-0.3, -0.25) is 4.79 Å². The van der Waals surface area contributed by atoms with E-state index in [1.807, 2.05) is 0 Å². The molecule has 3 N–H and O–H groups in total. The molecule has 0 aromatic heterocycles. The summed E-state index contributed by atoms with van der Waals surface area (Å²) < 4.78 is 13.3. The minimum Gasteiger partial charge on any atom is -0.394 e. The third-order valence-electron chi connectivity index (χ3n) is 2.56. The number of benzene rings is 1. The van der Waals surface area contributed by atoms with Gasteiger partial charge in [0.1, 0.15) is 11.9 Å². The van der Waals surface area contributed by atoms with Crippen LogP contribution >= 0.6 is 0 Å². The van der Waals surface area contributed by atoms with Crippen LogP contribution in [-0.4, -0.2) is 42.2 Å². The van der Waals surface area contributed by atoms with Crippen LogP contribution in [-0.2, 0) is 11.2 Å². The van der Waals surface area contributed by atoms with E-state index in [2.05, 4.69) is 0 Å². The monoisotopic (exact) mass is 240 g/mol. The minimum atomic E-state index is -0.902. The molecule has 1 rings (SSSR count). The molecule has 0 aliphatic rings. The average Bonchev–Trinajstić information content (AvgIpc) is 2.35. The zero-order chi connectivity index (χ0) is 12.8. The molecule has 0 spiro atoms. The Balaban J connectivity index is 2.51. The van der Waals surface area contributed by atoms with Crippen LogP contribution in [0.2, 0.25) is 0 Å². The maximum atomic E-state index is 13.3. The lowest BCUT2D eigenvalue weighted by atomic mass is 10.1. The fraction of sp³-hybridized carbons (Fsp3) is 0.417. The van der Waals surface area contributed by atoms with Crippen molar-refractivity contribution in [1.29, 1.82) is 0 Å². The number of nitrogens with zero attached hydrogens (tertiary/aromatic N) is 1. The molecule has 1 unspecified atom stereocenters. The lowest BCUT2D eigenvalue weighted by Crippen LogP contribution is -2.44. The first-order valence-corrected chi connectivity index (χ1v) is 5.41. The van der Waals surface area contributed by atoms with E-state index in [0.29, 0.717) is 18.5 Å². The van der Waals surface area contributed by atoms with Crippen molar-refractivity contribution in [2.45, 2.75) is 12.5 Å². The van der Waals surface area contributed by atoms with Crippen molar-refractivity contribution >= 4 is 5.91 Å². The fourth-order valence-corrected chi connectivity index (χ4v) is 1.46. The van der Waals surface area contributed by atoms with Crippen molar-refractivity contribution in [1.82, 2.24) is 4.90 Å². The molecule has 0 aliphatic carbocycles. The number of carbonyl (C=O) groups is 1. The van der Waals surface area contributed by atoms with Gasteiger partial charge in [0.2, 0.25) is 5.91 Å². The summed E-state index contributed by atoms with van der Waals surface area (Å²) in [6.07, 6.45) is 0.424. The molecule has 0 bridgehead atoms. The molecule has 0 saturated carbocycles. The summed E-state index contributed by atoms with van der Waals surface area (Å²) in [6.45, 7) is -0.0175. The molecule has 1 aromatic rings. The van der Waals surface area contributed by atoms with E-state index in [1.54, 1.807) is 25.2 Å². The van der Waals surface area contributed by atoms with Crippen LogP contribution in [0.5, 0.6) is 0 Å². The quantitative estimate of drug-likeness (QED) is 0.769. The Bertz CT molecular complexity index is 385. The first-order chi connectivity index (χ1) is 8.06. The predicted molar refractivity (Wildman–Crippen MR) is 62.8 cm³/mol.